The quantitative estimate of drug-likeness (QED) is 0.862. The molecule has 2 rings (SSSR count). The summed E-state index contributed by atoms with van der Waals surface area (Å²) in [5.41, 5.74) is 0.816. The van der Waals surface area contributed by atoms with Crippen LogP contribution < -0.4 is 5.32 Å². The molecular formula is C16H21NO3. The lowest BCUT2D eigenvalue weighted by Crippen LogP contribution is -2.19. The molecule has 4 heteroatoms. The zero-order chi connectivity index (χ0) is 15.1. The summed E-state index contributed by atoms with van der Waals surface area (Å²) in [5, 5.41) is 2.86. The van der Waals surface area contributed by atoms with Gasteiger partial charge in [-0.3, -0.25) is 4.79 Å². The Balaban J connectivity index is 2.20. The molecule has 0 atom stereocenters. The number of ether oxygens (including phenoxy) is 1. The van der Waals surface area contributed by atoms with Gasteiger partial charge in [-0.15, -0.1) is 0 Å². The smallest absolute Gasteiger partial charge is 0.339 e. The van der Waals surface area contributed by atoms with Gasteiger partial charge in [0.15, 0.2) is 0 Å². The van der Waals surface area contributed by atoms with Crippen molar-refractivity contribution in [3.63, 3.8) is 0 Å². The predicted octanol–water partition coefficient (Wildman–Crippen LogP) is 3.09. The Labute approximate surface area is 119 Å². The molecule has 0 saturated heterocycles. The van der Waals surface area contributed by atoms with Crippen molar-refractivity contribution in [2.75, 3.05) is 12.4 Å². The molecule has 0 aliphatic heterocycles. The number of esters is 1. The largest absolute Gasteiger partial charge is 0.465 e. The minimum Gasteiger partial charge on any atom is -0.465 e. The van der Waals surface area contributed by atoms with Crippen LogP contribution >= 0.6 is 0 Å². The molecule has 1 amide bonds. The lowest BCUT2D eigenvalue weighted by atomic mass is 10.0. The number of nitrogens with one attached hydrogen (secondary N) is 1. The monoisotopic (exact) mass is 275 g/mol. The molecule has 1 aliphatic carbocycles. The van der Waals surface area contributed by atoms with Gasteiger partial charge in [-0.1, -0.05) is 39.8 Å². The SMILES string of the molecule is COC(=O)c1ccccc1NC(=O)C1C(C)(C)C1(C)C. The second kappa shape index (κ2) is 4.62. The van der Waals surface area contributed by atoms with Crippen molar-refractivity contribution < 1.29 is 14.3 Å². The van der Waals surface area contributed by atoms with Crippen molar-refractivity contribution >= 4 is 17.6 Å². The van der Waals surface area contributed by atoms with E-state index in [1.54, 1.807) is 24.3 Å². The van der Waals surface area contributed by atoms with Gasteiger partial charge in [0.25, 0.3) is 0 Å². The summed E-state index contributed by atoms with van der Waals surface area (Å²) in [6.07, 6.45) is 0. The zero-order valence-corrected chi connectivity index (χ0v) is 12.6. The van der Waals surface area contributed by atoms with Crippen LogP contribution in [0.2, 0.25) is 0 Å². The maximum Gasteiger partial charge on any atom is 0.339 e. The Morgan fingerprint density at radius 1 is 1.10 bits per heavy atom. The molecule has 0 bridgehead atoms. The average molecular weight is 275 g/mol. The molecule has 4 nitrogen and oxygen atoms in total. The Morgan fingerprint density at radius 3 is 2.15 bits per heavy atom. The third-order valence-electron chi connectivity index (χ3n) is 4.87. The molecule has 108 valence electrons. The first-order valence-corrected chi connectivity index (χ1v) is 6.71. The lowest BCUT2D eigenvalue weighted by molar-refractivity contribution is -0.118. The first kappa shape index (κ1) is 14.6. The van der Waals surface area contributed by atoms with Crippen LogP contribution in [0.25, 0.3) is 0 Å². The first-order chi connectivity index (χ1) is 9.23. The van der Waals surface area contributed by atoms with Crippen molar-refractivity contribution in [3.05, 3.63) is 29.8 Å². The van der Waals surface area contributed by atoms with Crippen LogP contribution in [0.5, 0.6) is 0 Å². The molecule has 0 spiro atoms. The van der Waals surface area contributed by atoms with E-state index in [0.717, 1.165) is 0 Å². The molecule has 20 heavy (non-hydrogen) atoms. The van der Waals surface area contributed by atoms with E-state index in [-0.39, 0.29) is 22.7 Å². The van der Waals surface area contributed by atoms with E-state index in [4.69, 9.17) is 4.74 Å². The van der Waals surface area contributed by atoms with Gasteiger partial charge >= 0.3 is 5.97 Å². The summed E-state index contributed by atoms with van der Waals surface area (Å²) in [7, 11) is 1.33. The first-order valence-electron chi connectivity index (χ1n) is 6.71. The summed E-state index contributed by atoms with van der Waals surface area (Å²) in [4.78, 5) is 24.1. The van der Waals surface area contributed by atoms with E-state index in [2.05, 4.69) is 33.0 Å². The third kappa shape index (κ3) is 2.09. The normalized spacial score (nSPS) is 19.2. The summed E-state index contributed by atoms with van der Waals surface area (Å²) in [6.45, 7) is 8.35. The summed E-state index contributed by atoms with van der Waals surface area (Å²) >= 11 is 0. The van der Waals surface area contributed by atoms with Crippen LogP contribution in [0.3, 0.4) is 0 Å². The summed E-state index contributed by atoms with van der Waals surface area (Å²) in [5.74, 6) is -0.549. The van der Waals surface area contributed by atoms with Crippen LogP contribution in [0.4, 0.5) is 5.69 Å². The molecule has 1 aromatic rings. The summed E-state index contributed by atoms with van der Waals surface area (Å²) in [6, 6.07) is 6.88. The Kier molecular flexibility index (Phi) is 3.36. The third-order valence-corrected chi connectivity index (χ3v) is 4.87. The van der Waals surface area contributed by atoms with Crippen LogP contribution in [0.1, 0.15) is 38.1 Å². The topological polar surface area (TPSA) is 55.4 Å². The number of amides is 1. The maximum atomic E-state index is 12.4. The average Bonchev–Trinajstić information content (AvgIpc) is 2.79. The number of hydrogen-bond acceptors (Lipinski definition) is 3. The number of benzene rings is 1. The van der Waals surface area contributed by atoms with E-state index in [9.17, 15) is 9.59 Å². The number of hydrogen-bond donors (Lipinski definition) is 1. The Hall–Kier alpha value is -1.84. The van der Waals surface area contributed by atoms with Gasteiger partial charge in [-0.2, -0.15) is 0 Å². The van der Waals surface area contributed by atoms with Gasteiger partial charge < -0.3 is 10.1 Å². The van der Waals surface area contributed by atoms with Gasteiger partial charge in [0.2, 0.25) is 5.91 Å². The fraction of sp³-hybridized carbons (Fsp3) is 0.500. The standard InChI is InChI=1S/C16H21NO3/c1-15(2)12(16(15,3)4)13(18)17-11-9-7-6-8-10(11)14(19)20-5/h6-9,12H,1-5H3,(H,17,18). The number of anilines is 1. The minimum absolute atomic E-state index is 0.0305. The second-order valence-corrected chi connectivity index (χ2v) is 6.40. The van der Waals surface area contributed by atoms with Crippen LogP contribution in [-0.4, -0.2) is 19.0 Å². The maximum absolute atomic E-state index is 12.4. The van der Waals surface area contributed by atoms with Crippen LogP contribution in [0.15, 0.2) is 24.3 Å². The predicted molar refractivity (Wildman–Crippen MR) is 77.5 cm³/mol. The van der Waals surface area contributed by atoms with Crippen molar-refractivity contribution in [3.8, 4) is 0 Å². The highest BCUT2D eigenvalue weighted by molar-refractivity contribution is 6.03. The molecule has 1 aromatic carbocycles. The van der Waals surface area contributed by atoms with Gasteiger partial charge in [-0.25, -0.2) is 4.79 Å². The molecule has 1 fully saturated rings. The highest BCUT2D eigenvalue weighted by Gasteiger charge is 2.68. The fourth-order valence-electron chi connectivity index (χ4n) is 2.94. The van der Waals surface area contributed by atoms with Crippen molar-refractivity contribution in [1.82, 2.24) is 0 Å². The number of methoxy groups -OCH3 is 1. The Bertz CT molecular complexity index is 547. The van der Waals surface area contributed by atoms with E-state index in [0.29, 0.717) is 11.3 Å². The zero-order valence-electron chi connectivity index (χ0n) is 12.6. The van der Waals surface area contributed by atoms with Crippen molar-refractivity contribution in [1.29, 1.82) is 0 Å². The van der Waals surface area contributed by atoms with E-state index in [1.807, 2.05) is 0 Å². The number of rotatable bonds is 3. The van der Waals surface area contributed by atoms with Crippen LogP contribution in [0, 0.1) is 16.7 Å². The molecule has 0 radical (unpaired) electrons. The number of para-hydroxylation sites is 1. The Morgan fingerprint density at radius 2 is 1.65 bits per heavy atom. The number of carbonyl (C=O) groups excluding carboxylic acids is 2. The highest BCUT2D eigenvalue weighted by Crippen LogP contribution is 2.68. The fourth-order valence-corrected chi connectivity index (χ4v) is 2.94. The molecule has 0 aromatic heterocycles. The molecule has 1 aliphatic rings. The lowest BCUT2D eigenvalue weighted by Gasteiger charge is -2.10. The minimum atomic E-state index is -0.449. The van der Waals surface area contributed by atoms with Crippen LogP contribution in [-0.2, 0) is 9.53 Å². The van der Waals surface area contributed by atoms with Crippen molar-refractivity contribution in [2.45, 2.75) is 27.7 Å². The molecule has 0 unspecified atom stereocenters. The number of carbonyl (C=O) groups is 2. The molecule has 1 saturated carbocycles. The second-order valence-electron chi connectivity index (χ2n) is 6.40. The van der Waals surface area contributed by atoms with E-state index in [1.165, 1.54) is 7.11 Å². The van der Waals surface area contributed by atoms with Gasteiger partial charge in [-0.05, 0) is 23.0 Å². The van der Waals surface area contributed by atoms with Gasteiger partial charge in [0, 0.05) is 5.92 Å². The van der Waals surface area contributed by atoms with Gasteiger partial charge in [0.05, 0.1) is 18.4 Å². The molecular weight excluding hydrogens is 254 g/mol. The molecule has 1 N–H and O–H groups in total. The van der Waals surface area contributed by atoms with Crippen molar-refractivity contribution in [2.24, 2.45) is 16.7 Å². The molecule has 0 heterocycles. The summed E-state index contributed by atoms with van der Waals surface area (Å²) < 4.78 is 4.73. The van der Waals surface area contributed by atoms with E-state index >= 15 is 0 Å². The van der Waals surface area contributed by atoms with E-state index < -0.39 is 5.97 Å². The van der Waals surface area contributed by atoms with Gasteiger partial charge in [0.1, 0.15) is 0 Å². The highest BCUT2D eigenvalue weighted by atomic mass is 16.5.